The monoisotopic (exact) mass is 310 g/mol. The molecule has 106 valence electrons. The molecule has 20 heavy (non-hydrogen) atoms. The van der Waals surface area contributed by atoms with Crippen LogP contribution in [0.5, 0.6) is 0 Å². The molecule has 0 bridgehead atoms. The molecule has 0 unspecified atom stereocenters. The first kappa shape index (κ1) is 14.9. The van der Waals surface area contributed by atoms with E-state index in [1.807, 2.05) is 24.3 Å². The minimum Gasteiger partial charge on any atom is -0.481 e. The highest BCUT2D eigenvalue weighted by Crippen LogP contribution is 2.21. The van der Waals surface area contributed by atoms with Gasteiger partial charge in [-0.25, -0.2) is 4.98 Å². The fraction of sp³-hybridized carbons (Fsp3) is 0.286. The molecular formula is C14H15ClN2O2S. The number of hydrogen-bond donors (Lipinski definition) is 1. The van der Waals surface area contributed by atoms with Crippen LogP contribution in [0.1, 0.15) is 18.2 Å². The Hall–Kier alpha value is -1.46. The molecule has 0 aliphatic carbocycles. The minimum atomic E-state index is -0.839. The molecule has 0 aliphatic rings. The lowest BCUT2D eigenvalue weighted by Gasteiger charge is -2.10. The molecule has 0 spiro atoms. The topological polar surface area (TPSA) is 55.1 Å². The van der Waals surface area contributed by atoms with Crippen molar-refractivity contribution in [3.8, 4) is 0 Å². The predicted octanol–water partition coefficient (Wildman–Crippen LogP) is 3.32. The van der Waals surface area contributed by atoms with E-state index in [1.54, 1.807) is 6.20 Å². The zero-order valence-corrected chi connectivity index (χ0v) is 12.6. The van der Waals surface area contributed by atoms with Gasteiger partial charge in [-0.3, -0.25) is 4.79 Å². The number of halogens is 1. The first-order valence-electron chi connectivity index (χ1n) is 6.23. The average Bonchev–Trinajstić information content (AvgIpc) is 2.81. The summed E-state index contributed by atoms with van der Waals surface area (Å²) in [6.45, 7) is 2.73. The predicted molar refractivity (Wildman–Crippen MR) is 80.5 cm³/mol. The molecule has 1 aromatic carbocycles. The van der Waals surface area contributed by atoms with Gasteiger partial charge in [0.1, 0.15) is 0 Å². The van der Waals surface area contributed by atoms with Crippen molar-refractivity contribution in [1.29, 1.82) is 0 Å². The Kier molecular flexibility index (Phi) is 5.09. The lowest BCUT2D eigenvalue weighted by atomic mass is 10.2. The van der Waals surface area contributed by atoms with E-state index < -0.39 is 5.97 Å². The van der Waals surface area contributed by atoms with Crippen molar-refractivity contribution in [1.82, 2.24) is 9.55 Å². The summed E-state index contributed by atoms with van der Waals surface area (Å²) >= 11 is 7.12. The van der Waals surface area contributed by atoms with Crippen LogP contribution in [0.4, 0.5) is 0 Å². The largest absolute Gasteiger partial charge is 0.481 e. The number of benzene rings is 1. The van der Waals surface area contributed by atoms with Crippen molar-refractivity contribution in [3.63, 3.8) is 0 Å². The highest BCUT2D eigenvalue weighted by molar-refractivity contribution is 7.99. The molecule has 0 saturated carbocycles. The second-order valence-electron chi connectivity index (χ2n) is 4.28. The Morgan fingerprint density at radius 2 is 2.10 bits per heavy atom. The van der Waals surface area contributed by atoms with E-state index in [9.17, 15) is 4.79 Å². The Morgan fingerprint density at radius 1 is 1.40 bits per heavy atom. The van der Waals surface area contributed by atoms with Gasteiger partial charge < -0.3 is 9.67 Å². The number of rotatable bonds is 6. The van der Waals surface area contributed by atoms with E-state index in [1.165, 1.54) is 11.8 Å². The maximum absolute atomic E-state index is 10.7. The van der Waals surface area contributed by atoms with Crippen molar-refractivity contribution < 1.29 is 9.90 Å². The van der Waals surface area contributed by atoms with Crippen molar-refractivity contribution in [2.45, 2.75) is 25.0 Å². The third kappa shape index (κ3) is 3.77. The fourth-order valence-corrected chi connectivity index (χ4v) is 2.70. The summed E-state index contributed by atoms with van der Waals surface area (Å²) in [5.74, 6) is -0.824. The summed E-state index contributed by atoms with van der Waals surface area (Å²) < 4.78 is 2.05. The standard InChI is InChI=1S/C14H15ClN2O2S/c1-2-12-7-16-14(20-9-13(18)19)17(12)8-10-3-5-11(15)6-4-10/h3-7H,2,8-9H2,1H3,(H,18,19). The molecular weight excluding hydrogens is 296 g/mol. The van der Waals surface area contributed by atoms with Crippen LogP contribution in [0.15, 0.2) is 35.6 Å². The Labute approximate surface area is 126 Å². The van der Waals surface area contributed by atoms with Crippen LogP contribution in [0.3, 0.4) is 0 Å². The highest BCUT2D eigenvalue weighted by Gasteiger charge is 2.11. The van der Waals surface area contributed by atoms with E-state index in [2.05, 4.69) is 16.5 Å². The molecule has 2 aromatic rings. The number of aromatic nitrogens is 2. The molecule has 1 N–H and O–H groups in total. The Balaban J connectivity index is 2.21. The van der Waals surface area contributed by atoms with E-state index in [-0.39, 0.29) is 5.75 Å². The maximum Gasteiger partial charge on any atom is 0.313 e. The SMILES string of the molecule is CCc1cnc(SCC(=O)O)n1Cc1ccc(Cl)cc1. The molecule has 4 nitrogen and oxygen atoms in total. The van der Waals surface area contributed by atoms with Gasteiger partial charge in [0.25, 0.3) is 0 Å². The highest BCUT2D eigenvalue weighted by atomic mass is 35.5. The Morgan fingerprint density at radius 3 is 2.70 bits per heavy atom. The van der Waals surface area contributed by atoms with Gasteiger partial charge in [0.05, 0.1) is 5.75 Å². The second kappa shape index (κ2) is 6.81. The zero-order chi connectivity index (χ0) is 14.5. The number of imidazole rings is 1. The third-order valence-corrected chi connectivity index (χ3v) is 4.07. The number of carbonyl (C=O) groups is 1. The van der Waals surface area contributed by atoms with Gasteiger partial charge in [-0.2, -0.15) is 0 Å². The summed E-state index contributed by atoms with van der Waals surface area (Å²) in [7, 11) is 0. The number of nitrogens with zero attached hydrogens (tertiary/aromatic N) is 2. The van der Waals surface area contributed by atoms with Gasteiger partial charge in [-0.05, 0) is 24.1 Å². The van der Waals surface area contributed by atoms with Crippen LogP contribution in [-0.4, -0.2) is 26.4 Å². The van der Waals surface area contributed by atoms with Gasteiger partial charge in [-0.15, -0.1) is 0 Å². The molecule has 0 atom stereocenters. The minimum absolute atomic E-state index is 0.0147. The molecule has 0 amide bonds. The summed E-state index contributed by atoms with van der Waals surface area (Å²) in [4.78, 5) is 15.0. The van der Waals surface area contributed by atoms with Crippen LogP contribution in [-0.2, 0) is 17.8 Å². The molecule has 1 aromatic heterocycles. The average molecular weight is 311 g/mol. The number of carboxylic acids is 1. The summed E-state index contributed by atoms with van der Waals surface area (Å²) in [6, 6.07) is 7.63. The number of hydrogen-bond acceptors (Lipinski definition) is 3. The van der Waals surface area contributed by atoms with Crippen LogP contribution in [0, 0.1) is 0 Å². The van der Waals surface area contributed by atoms with Gasteiger partial charge in [0.2, 0.25) is 0 Å². The normalized spacial score (nSPS) is 10.7. The van der Waals surface area contributed by atoms with Crippen LogP contribution >= 0.6 is 23.4 Å². The van der Waals surface area contributed by atoms with Crippen molar-refractivity contribution in [2.24, 2.45) is 0 Å². The van der Waals surface area contributed by atoms with Gasteiger partial charge in [0, 0.05) is 23.5 Å². The van der Waals surface area contributed by atoms with Crippen molar-refractivity contribution in [2.75, 3.05) is 5.75 Å². The lowest BCUT2D eigenvalue weighted by Crippen LogP contribution is -2.07. The lowest BCUT2D eigenvalue weighted by molar-refractivity contribution is -0.133. The fourth-order valence-electron chi connectivity index (χ4n) is 1.86. The molecule has 0 saturated heterocycles. The maximum atomic E-state index is 10.7. The second-order valence-corrected chi connectivity index (χ2v) is 5.66. The van der Waals surface area contributed by atoms with E-state index in [4.69, 9.17) is 16.7 Å². The smallest absolute Gasteiger partial charge is 0.313 e. The molecule has 0 radical (unpaired) electrons. The number of thioether (sulfide) groups is 1. The third-order valence-electron chi connectivity index (χ3n) is 2.84. The van der Waals surface area contributed by atoms with E-state index in [0.29, 0.717) is 11.6 Å². The number of aryl methyl sites for hydroxylation is 1. The molecule has 0 fully saturated rings. The van der Waals surface area contributed by atoms with E-state index in [0.717, 1.165) is 22.8 Å². The van der Waals surface area contributed by atoms with Crippen LogP contribution in [0.2, 0.25) is 5.02 Å². The molecule has 1 heterocycles. The van der Waals surface area contributed by atoms with Crippen LogP contribution in [0.25, 0.3) is 0 Å². The van der Waals surface area contributed by atoms with Gasteiger partial charge in [-0.1, -0.05) is 42.4 Å². The molecule has 6 heteroatoms. The van der Waals surface area contributed by atoms with Crippen LogP contribution < -0.4 is 0 Å². The number of aliphatic carboxylic acids is 1. The van der Waals surface area contributed by atoms with Gasteiger partial charge in [0.15, 0.2) is 5.16 Å². The Bertz CT molecular complexity index is 596. The number of carboxylic acid groups (broad SMARTS) is 1. The summed E-state index contributed by atoms with van der Waals surface area (Å²) in [6.07, 6.45) is 2.66. The van der Waals surface area contributed by atoms with Gasteiger partial charge >= 0.3 is 5.97 Å². The van der Waals surface area contributed by atoms with Crippen molar-refractivity contribution >= 4 is 29.3 Å². The van der Waals surface area contributed by atoms with Crippen molar-refractivity contribution in [3.05, 3.63) is 46.7 Å². The van der Waals surface area contributed by atoms with E-state index >= 15 is 0 Å². The quantitative estimate of drug-likeness (QED) is 0.832. The summed E-state index contributed by atoms with van der Waals surface area (Å²) in [5.41, 5.74) is 2.20. The first-order valence-corrected chi connectivity index (χ1v) is 7.60. The molecule has 0 aliphatic heterocycles. The molecule has 2 rings (SSSR count). The first-order chi connectivity index (χ1) is 9.60. The summed E-state index contributed by atoms with van der Waals surface area (Å²) in [5, 5.41) is 10.2. The zero-order valence-electron chi connectivity index (χ0n) is 11.0.